The van der Waals surface area contributed by atoms with Crippen molar-refractivity contribution in [3.05, 3.63) is 22.6 Å². The number of rotatable bonds is 5. The molecule has 0 spiro atoms. The number of carbonyl (C=O) groups excluding carboxylic acids is 1. The Bertz CT molecular complexity index is 995. The normalized spacial score (nSPS) is 15.8. The summed E-state index contributed by atoms with van der Waals surface area (Å²) in [6.45, 7) is 1.33. The predicted octanol–water partition coefficient (Wildman–Crippen LogP) is 0.511. The first-order chi connectivity index (χ1) is 13.2. The Morgan fingerprint density at radius 2 is 2.07 bits per heavy atom. The van der Waals surface area contributed by atoms with E-state index in [4.69, 9.17) is 20.3 Å². The Balaban J connectivity index is 1.83. The molecule has 1 saturated heterocycles. The second-order valence-electron chi connectivity index (χ2n) is 6.76. The number of anilines is 1. The first-order valence-corrected chi connectivity index (χ1v) is 10.6. The number of ether oxygens (including phenoxy) is 1. The van der Waals surface area contributed by atoms with E-state index < -0.39 is 19.2 Å². The molecule has 152 valence electrons. The van der Waals surface area contributed by atoms with Crippen LogP contribution < -0.4 is 20.9 Å². The van der Waals surface area contributed by atoms with E-state index in [9.17, 15) is 14.2 Å². The van der Waals surface area contributed by atoms with Crippen LogP contribution in [0.2, 0.25) is 0 Å². The number of methoxy groups -OCH3 is 1. The lowest BCUT2D eigenvalue weighted by Gasteiger charge is -2.33. The van der Waals surface area contributed by atoms with Crippen molar-refractivity contribution in [3.8, 4) is 5.88 Å². The fourth-order valence-electron chi connectivity index (χ4n) is 3.39. The van der Waals surface area contributed by atoms with Gasteiger partial charge in [0.05, 0.1) is 19.5 Å². The largest absolute Gasteiger partial charge is 0.480 e. The average Bonchev–Trinajstić information content (AvgIpc) is 2.65. The van der Waals surface area contributed by atoms with Gasteiger partial charge in [0.25, 0.3) is 5.56 Å². The molecule has 2 aromatic heterocycles. The number of carbonyl (C=O) groups is 1. The van der Waals surface area contributed by atoms with E-state index in [2.05, 4.69) is 10.1 Å². The molecule has 0 aromatic carbocycles. The number of nitrogens with zero attached hydrogens (tertiary/aromatic N) is 4. The lowest BCUT2D eigenvalue weighted by atomic mass is 9.94. The first kappa shape index (κ1) is 20.2. The highest BCUT2D eigenvalue weighted by Gasteiger charge is 2.24. The van der Waals surface area contributed by atoms with Crippen molar-refractivity contribution >= 4 is 30.2 Å². The molecule has 3 heterocycles. The van der Waals surface area contributed by atoms with Gasteiger partial charge in [-0.2, -0.15) is 10.1 Å². The third-order valence-corrected chi connectivity index (χ3v) is 5.73. The molecule has 2 aromatic rings. The molecule has 11 nitrogen and oxygen atoms in total. The third-order valence-electron chi connectivity index (χ3n) is 4.89. The molecular weight excluding hydrogens is 389 g/mol. The number of pyridine rings is 1. The number of hydrogen-bond acceptors (Lipinski definition) is 7. The molecule has 3 rings (SSSR count). The molecule has 0 aliphatic carbocycles. The van der Waals surface area contributed by atoms with Crippen LogP contribution in [0.4, 0.5) is 10.6 Å². The summed E-state index contributed by atoms with van der Waals surface area (Å²) >= 11 is 0. The molecular formula is C16H22N5O6P. The first-order valence-electron chi connectivity index (χ1n) is 8.76. The summed E-state index contributed by atoms with van der Waals surface area (Å²) in [5.74, 6) is 0.935. The minimum absolute atomic E-state index is 0.0820. The van der Waals surface area contributed by atoms with E-state index in [1.165, 1.54) is 13.3 Å². The van der Waals surface area contributed by atoms with Gasteiger partial charge in [0.15, 0.2) is 0 Å². The highest BCUT2D eigenvalue weighted by atomic mass is 31.2. The maximum absolute atomic E-state index is 12.4. The summed E-state index contributed by atoms with van der Waals surface area (Å²) in [7, 11) is -2.59. The number of piperidine rings is 1. The van der Waals surface area contributed by atoms with Crippen molar-refractivity contribution in [1.29, 1.82) is 0 Å². The van der Waals surface area contributed by atoms with Gasteiger partial charge in [0.2, 0.25) is 5.88 Å². The highest BCUT2D eigenvalue weighted by Crippen LogP contribution is 2.38. The van der Waals surface area contributed by atoms with Gasteiger partial charge >= 0.3 is 13.6 Å². The summed E-state index contributed by atoms with van der Waals surface area (Å²) in [4.78, 5) is 48.2. The SMILES string of the molecule is COc1nc(N2CCC(CCP(=O)(O)O)CC2)cc2cnn(C(N)=O)c(=O)c12. The molecule has 0 radical (unpaired) electrons. The van der Waals surface area contributed by atoms with Crippen LogP contribution in [0.25, 0.3) is 10.8 Å². The van der Waals surface area contributed by atoms with E-state index in [0.717, 1.165) is 12.8 Å². The van der Waals surface area contributed by atoms with Gasteiger partial charge < -0.3 is 25.2 Å². The van der Waals surface area contributed by atoms with Gasteiger partial charge in [-0.1, -0.05) is 0 Å². The molecule has 1 fully saturated rings. The van der Waals surface area contributed by atoms with E-state index in [0.29, 0.717) is 35.4 Å². The molecule has 4 N–H and O–H groups in total. The van der Waals surface area contributed by atoms with Crippen molar-refractivity contribution < 1.29 is 23.9 Å². The van der Waals surface area contributed by atoms with Gasteiger partial charge in [-0.3, -0.25) is 9.36 Å². The predicted molar refractivity (Wildman–Crippen MR) is 102 cm³/mol. The maximum atomic E-state index is 12.4. The molecule has 1 amide bonds. The van der Waals surface area contributed by atoms with E-state index in [1.807, 2.05) is 4.90 Å². The molecule has 0 unspecified atom stereocenters. The fourth-order valence-corrected chi connectivity index (χ4v) is 4.09. The fraction of sp³-hybridized carbons (Fsp3) is 0.500. The van der Waals surface area contributed by atoms with Crippen LogP contribution in [0.15, 0.2) is 17.1 Å². The van der Waals surface area contributed by atoms with Crippen LogP contribution in [-0.2, 0) is 4.57 Å². The van der Waals surface area contributed by atoms with Crippen LogP contribution in [0, 0.1) is 5.92 Å². The monoisotopic (exact) mass is 411 g/mol. The standard InChI is InChI=1S/C16H22N5O6P/c1-27-14-13-11(9-18-21(15(13)22)16(17)23)8-12(19-14)20-5-2-10(3-6-20)4-7-28(24,25)26/h8-10H,2-7H2,1H3,(H2,17,23)(H2,24,25,26). The number of primary amides is 1. The quantitative estimate of drug-likeness (QED) is 0.595. The summed E-state index contributed by atoms with van der Waals surface area (Å²) < 4.78 is 16.9. The summed E-state index contributed by atoms with van der Waals surface area (Å²) in [5, 5.41) is 4.38. The molecule has 0 saturated carbocycles. The second-order valence-corrected chi connectivity index (χ2v) is 8.54. The highest BCUT2D eigenvalue weighted by molar-refractivity contribution is 7.51. The topological polar surface area (TPSA) is 161 Å². The molecule has 1 aliphatic heterocycles. The van der Waals surface area contributed by atoms with Crippen LogP contribution in [0.3, 0.4) is 0 Å². The van der Waals surface area contributed by atoms with E-state index in [1.54, 1.807) is 6.07 Å². The summed E-state index contributed by atoms with van der Waals surface area (Å²) in [5.41, 5.74) is 4.45. The Morgan fingerprint density at radius 3 is 2.64 bits per heavy atom. The van der Waals surface area contributed by atoms with Crippen molar-refractivity contribution in [2.75, 3.05) is 31.3 Å². The lowest BCUT2D eigenvalue weighted by Crippen LogP contribution is -2.35. The Morgan fingerprint density at radius 1 is 1.39 bits per heavy atom. The van der Waals surface area contributed by atoms with Crippen LogP contribution in [-0.4, -0.2) is 56.9 Å². The molecule has 0 bridgehead atoms. The number of hydrogen-bond donors (Lipinski definition) is 3. The van der Waals surface area contributed by atoms with Gasteiger partial charge in [-0.15, -0.1) is 4.68 Å². The third kappa shape index (κ3) is 4.32. The van der Waals surface area contributed by atoms with Crippen LogP contribution in [0.1, 0.15) is 19.3 Å². The molecule has 12 heteroatoms. The van der Waals surface area contributed by atoms with Crippen molar-refractivity contribution in [2.24, 2.45) is 11.7 Å². The number of nitrogens with two attached hydrogens (primary N) is 1. The minimum atomic E-state index is -3.97. The number of aromatic nitrogens is 3. The zero-order valence-corrected chi connectivity index (χ0v) is 16.2. The van der Waals surface area contributed by atoms with E-state index in [-0.39, 0.29) is 23.3 Å². The van der Waals surface area contributed by atoms with Crippen LogP contribution >= 0.6 is 7.60 Å². The van der Waals surface area contributed by atoms with E-state index >= 15 is 0 Å². The van der Waals surface area contributed by atoms with Gasteiger partial charge in [-0.05, 0) is 31.2 Å². The lowest BCUT2D eigenvalue weighted by molar-refractivity contribution is 0.246. The molecule has 1 aliphatic rings. The zero-order chi connectivity index (χ0) is 20.5. The van der Waals surface area contributed by atoms with Gasteiger partial charge in [0.1, 0.15) is 11.2 Å². The van der Waals surface area contributed by atoms with Crippen molar-refractivity contribution in [1.82, 2.24) is 14.8 Å². The van der Waals surface area contributed by atoms with Gasteiger partial charge in [0, 0.05) is 18.5 Å². The Hall–Kier alpha value is -2.49. The van der Waals surface area contributed by atoms with Crippen molar-refractivity contribution in [3.63, 3.8) is 0 Å². The van der Waals surface area contributed by atoms with Crippen LogP contribution in [0.5, 0.6) is 5.88 Å². The van der Waals surface area contributed by atoms with Crippen molar-refractivity contribution in [2.45, 2.75) is 19.3 Å². The number of amides is 1. The summed E-state index contributed by atoms with van der Waals surface area (Å²) in [6, 6.07) is 0.712. The Kier molecular flexibility index (Phi) is 5.69. The Labute approximate surface area is 160 Å². The molecule has 0 atom stereocenters. The second kappa shape index (κ2) is 7.86. The molecule has 28 heavy (non-hydrogen) atoms. The number of fused-ring (bicyclic) bond motifs is 1. The minimum Gasteiger partial charge on any atom is -0.480 e. The maximum Gasteiger partial charge on any atom is 0.342 e. The zero-order valence-electron chi connectivity index (χ0n) is 15.3. The average molecular weight is 411 g/mol. The smallest absolute Gasteiger partial charge is 0.342 e. The summed E-state index contributed by atoms with van der Waals surface area (Å²) in [6.07, 6.45) is 3.32. The van der Waals surface area contributed by atoms with Gasteiger partial charge in [-0.25, -0.2) is 4.79 Å².